The minimum absolute atomic E-state index is 0.487. The molecule has 27 heavy (non-hydrogen) atoms. The van der Waals surface area contributed by atoms with Gasteiger partial charge in [-0.2, -0.15) is 5.26 Å². The Bertz CT molecular complexity index is 712. The molecule has 0 amide bonds. The quantitative estimate of drug-likeness (QED) is 0.444. The molecule has 0 spiro atoms. The first-order valence-corrected chi connectivity index (χ1v) is 10.9. The minimum atomic E-state index is 0.487. The van der Waals surface area contributed by atoms with E-state index in [4.69, 9.17) is 5.26 Å². The number of nitrogens with zero attached hydrogens (tertiary/aromatic N) is 1. The second-order valence-corrected chi connectivity index (χ2v) is 8.22. The van der Waals surface area contributed by atoms with Crippen molar-refractivity contribution in [3.8, 4) is 17.2 Å². The van der Waals surface area contributed by atoms with Crippen LogP contribution < -0.4 is 0 Å². The molecule has 3 rings (SSSR count). The summed E-state index contributed by atoms with van der Waals surface area (Å²) in [6.07, 6.45) is 13.1. The molecule has 0 atom stereocenters. The van der Waals surface area contributed by atoms with Gasteiger partial charge in [0, 0.05) is 0 Å². The molecule has 0 aliphatic heterocycles. The summed E-state index contributed by atoms with van der Waals surface area (Å²) in [6.45, 7) is 2.29. The molecule has 1 heteroatoms. The normalized spacial score (nSPS) is 19.6. The molecule has 2 aromatic carbocycles. The smallest absolute Gasteiger partial charge is 0.0669 e. The highest BCUT2D eigenvalue weighted by Gasteiger charge is 2.22. The van der Waals surface area contributed by atoms with Gasteiger partial charge < -0.3 is 0 Å². The zero-order valence-corrected chi connectivity index (χ0v) is 16.8. The van der Waals surface area contributed by atoms with Crippen LogP contribution in [0, 0.1) is 17.2 Å². The van der Waals surface area contributed by atoms with Gasteiger partial charge in [0.25, 0.3) is 0 Å². The summed E-state index contributed by atoms with van der Waals surface area (Å²) in [5.41, 5.74) is 5.11. The van der Waals surface area contributed by atoms with Gasteiger partial charge in [-0.3, -0.25) is 0 Å². The van der Waals surface area contributed by atoms with Crippen LogP contribution in [0.5, 0.6) is 0 Å². The number of benzene rings is 2. The second kappa shape index (κ2) is 10.3. The van der Waals surface area contributed by atoms with Crippen molar-refractivity contribution in [2.24, 2.45) is 5.92 Å². The van der Waals surface area contributed by atoms with Crippen molar-refractivity contribution in [3.05, 3.63) is 59.7 Å². The van der Waals surface area contributed by atoms with Crippen molar-refractivity contribution in [2.45, 2.75) is 77.0 Å². The second-order valence-electron chi connectivity index (χ2n) is 8.22. The van der Waals surface area contributed by atoms with Crippen LogP contribution in [0.25, 0.3) is 11.1 Å². The van der Waals surface area contributed by atoms with Crippen LogP contribution in [-0.4, -0.2) is 0 Å². The Hall–Kier alpha value is -2.07. The van der Waals surface area contributed by atoms with E-state index in [2.05, 4.69) is 61.5 Å². The van der Waals surface area contributed by atoms with E-state index in [1.54, 1.807) is 0 Å². The lowest BCUT2D eigenvalue weighted by Gasteiger charge is -2.29. The molecule has 1 aliphatic rings. The first-order valence-electron chi connectivity index (χ1n) is 10.9. The van der Waals surface area contributed by atoms with Crippen LogP contribution >= 0.6 is 0 Å². The summed E-state index contributed by atoms with van der Waals surface area (Å²) >= 11 is 0. The van der Waals surface area contributed by atoms with Gasteiger partial charge in [-0.1, -0.05) is 87.6 Å². The predicted molar refractivity (Wildman–Crippen MR) is 115 cm³/mol. The van der Waals surface area contributed by atoms with Gasteiger partial charge in [-0.15, -0.1) is 0 Å². The zero-order chi connectivity index (χ0) is 18.9. The summed E-state index contributed by atoms with van der Waals surface area (Å²) < 4.78 is 0. The van der Waals surface area contributed by atoms with Gasteiger partial charge in [-0.25, -0.2) is 0 Å². The Morgan fingerprint density at radius 1 is 0.815 bits per heavy atom. The Morgan fingerprint density at radius 3 is 2.04 bits per heavy atom. The van der Waals surface area contributed by atoms with Crippen LogP contribution in [0.4, 0.5) is 0 Å². The molecule has 1 aliphatic carbocycles. The fourth-order valence-electron chi connectivity index (χ4n) is 4.50. The third kappa shape index (κ3) is 5.70. The first kappa shape index (κ1) is 19.7. The van der Waals surface area contributed by atoms with E-state index < -0.39 is 0 Å². The molecule has 1 saturated carbocycles. The average Bonchev–Trinajstić information content (AvgIpc) is 2.73. The van der Waals surface area contributed by atoms with E-state index in [-0.39, 0.29) is 0 Å². The summed E-state index contributed by atoms with van der Waals surface area (Å²) in [7, 11) is 0. The fraction of sp³-hybridized carbons (Fsp3) is 0.500. The fourth-order valence-corrected chi connectivity index (χ4v) is 4.50. The van der Waals surface area contributed by atoms with E-state index in [1.165, 1.54) is 74.5 Å². The monoisotopic (exact) mass is 359 g/mol. The van der Waals surface area contributed by atoms with Crippen molar-refractivity contribution in [1.29, 1.82) is 5.26 Å². The summed E-state index contributed by atoms with van der Waals surface area (Å²) in [4.78, 5) is 0. The number of rotatable bonds is 8. The predicted octanol–water partition coefficient (Wildman–Crippen LogP) is 7.66. The van der Waals surface area contributed by atoms with E-state index in [0.29, 0.717) is 6.42 Å². The van der Waals surface area contributed by atoms with Gasteiger partial charge in [0.15, 0.2) is 0 Å². The topological polar surface area (TPSA) is 23.8 Å². The van der Waals surface area contributed by atoms with Crippen LogP contribution in [0.1, 0.15) is 81.8 Å². The molecule has 0 heterocycles. The molecule has 1 nitrogen and oxygen atoms in total. The summed E-state index contributed by atoms with van der Waals surface area (Å²) in [5, 5.41) is 8.79. The third-order valence-corrected chi connectivity index (χ3v) is 6.27. The molecule has 1 fully saturated rings. The van der Waals surface area contributed by atoms with Crippen molar-refractivity contribution in [2.75, 3.05) is 0 Å². The standard InChI is InChI=1S/C26H33N/c1-2-3-4-5-6-21-7-11-23(12-8-21)25-15-17-26(18-16-25)24-13-9-22(10-14-24)19-20-27/h9-10,13-18,21,23H,2-8,11-12,19H2,1H3/t21-,23-. The van der Waals surface area contributed by atoms with Crippen molar-refractivity contribution in [1.82, 2.24) is 0 Å². The lowest BCUT2D eigenvalue weighted by atomic mass is 9.77. The molecule has 2 aromatic rings. The van der Waals surface area contributed by atoms with Gasteiger partial charge in [-0.05, 0) is 59.8 Å². The lowest BCUT2D eigenvalue weighted by molar-refractivity contribution is 0.302. The Kier molecular flexibility index (Phi) is 7.52. The van der Waals surface area contributed by atoms with Crippen LogP contribution in [0.2, 0.25) is 0 Å². The van der Waals surface area contributed by atoms with Crippen LogP contribution in [0.3, 0.4) is 0 Å². The largest absolute Gasteiger partial charge is 0.198 e. The van der Waals surface area contributed by atoms with E-state index in [9.17, 15) is 0 Å². The maximum Gasteiger partial charge on any atom is 0.0669 e. The number of unbranched alkanes of at least 4 members (excludes halogenated alkanes) is 3. The summed E-state index contributed by atoms with van der Waals surface area (Å²) in [5.74, 6) is 1.73. The van der Waals surface area contributed by atoms with Crippen molar-refractivity contribution in [3.63, 3.8) is 0 Å². The molecule has 142 valence electrons. The Balaban J connectivity index is 1.51. The maximum atomic E-state index is 8.79. The molecule has 0 radical (unpaired) electrons. The van der Waals surface area contributed by atoms with Crippen molar-refractivity contribution < 1.29 is 0 Å². The van der Waals surface area contributed by atoms with Crippen LogP contribution in [0.15, 0.2) is 48.5 Å². The SMILES string of the molecule is CCCCCC[C@H]1CC[C@H](c2ccc(-c3ccc(CC#N)cc3)cc2)CC1. The molecular formula is C26H33N. The van der Waals surface area contributed by atoms with Crippen LogP contribution in [-0.2, 0) is 6.42 Å². The molecule has 0 aromatic heterocycles. The summed E-state index contributed by atoms with van der Waals surface area (Å²) in [6, 6.07) is 19.8. The third-order valence-electron chi connectivity index (χ3n) is 6.27. The molecule has 0 saturated heterocycles. The molecule has 0 N–H and O–H groups in total. The Labute approximate surface area is 165 Å². The zero-order valence-electron chi connectivity index (χ0n) is 16.8. The molecular weight excluding hydrogens is 326 g/mol. The van der Waals surface area contributed by atoms with Gasteiger partial charge in [0.1, 0.15) is 0 Å². The molecule has 0 unspecified atom stereocenters. The molecule has 0 bridgehead atoms. The highest BCUT2D eigenvalue weighted by molar-refractivity contribution is 5.64. The van der Waals surface area contributed by atoms with Gasteiger partial charge >= 0.3 is 0 Å². The van der Waals surface area contributed by atoms with E-state index >= 15 is 0 Å². The minimum Gasteiger partial charge on any atom is -0.198 e. The first-order chi connectivity index (χ1) is 13.3. The number of hydrogen-bond donors (Lipinski definition) is 0. The van der Waals surface area contributed by atoms with E-state index in [0.717, 1.165) is 17.4 Å². The number of nitriles is 1. The van der Waals surface area contributed by atoms with Crippen molar-refractivity contribution >= 4 is 0 Å². The van der Waals surface area contributed by atoms with Gasteiger partial charge in [0.05, 0.1) is 12.5 Å². The lowest BCUT2D eigenvalue weighted by Crippen LogP contribution is -2.13. The highest BCUT2D eigenvalue weighted by Crippen LogP contribution is 2.38. The maximum absolute atomic E-state index is 8.79. The van der Waals surface area contributed by atoms with E-state index in [1.807, 2.05) is 0 Å². The average molecular weight is 360 g/mol. The Morgan fingerprint density at radius 2 is 1.44 bits per heavy atom. The highest BCUT2D eigenvalue weighted by atomic mass is 14.3. The van der Waals surface area contributed by atoms with Gasteiger partial charge in [0.2, 0.25) is 0 Å². The number of hydrogen-bond acceptors (Lipinski definition) is 1.